The molecule has 0 saturated carbocycles. The Bertz CT molecular complexity index is 220. The second-order valence-electron chi connectivity index (χ2n) is 3.38. The van der Waals surface area contributed by atoms with Gasteiger partial charge in [0.1, 0.15) is 0 Å². The van der Waals surface area contributed by atoms with Crippen molar-refractivity contribution in [2.45, 2.75) is 53.8 Å². The molecule has 0 fully saturated rings. The average Bonchev–Trinajstić information content (AvgIpc) is 2.30. The predicted octanol–water partition coefficient (Wildman–Crippen LogP) is 4.88. The highest BCUT2D eigenvalue weighted by molar-refractivity contribution is 7.80. The minimum atomic E-state index is 0.167. The van der Waals surface area contributed by atoms with Gasteiger partial charge in [-0.15, -0.1) is 0 Å². The Morgan fingerprint density at radius 2 is 1.06 bits per heavy atom. The van der Waals surface area contributed by atoms with Gasteiger partial charge in [-0.1, -0.05) is 27.0 Å². The molecule has 0 unspecified atom stereocenters. The maximum absolute atomic E-state index is 5.01. The van der Waals surface area contributed by atoms with E-state index in [4.69, 9.17) is 33.9 Å². The molecule has 0 aliphatic heterocycles. The van der Waals surface area contributed by atoms with Crippen LogP contribution >= 0.6 is 24.4 Å². The highest BCUT2D eigenvalue weighted by Gasteiger charge is 1.93. The summed E-state index contributed by atoms with van der Waals surface area (Å²) < 4.78 is 10.0. The highest BCUT2D eigenvalue weighted by atomic mass is 32.1. The largest absolute Gasteiger partial charge is 0.481 e. The van der Waals surface area contributed by atoms with Gasteiger partial charge in [-0.3, -0.25) is 0 Å². The van der Waals surface area contributed by atoms with Crippen molar-refractivity contribution < 1.29 is 9.47 Å². The number of hydrogen-bond donors (Lipinski definition) is 0. The third-order valence-corrected chi connectivity index (χ3v) is 1.56. The van der Waals surface area contributed by atoms with Crippen LogP contribution in [0.5, 0.6) is 0 Å². The zero-order valence-corrected chi connectivity index (χ0v) is 14.0. The normalized spacial score (nSPS) is 8.22. The van der Waals surface area contributed by atoms with Crippen molar-refractivity contribution in [3.8, 4) is 0 Å². The van der Waals surface area contributed by atoms with Crippen LogP contribution in [0.1, 0.15) is 41.5 Å². The second-order valence-corrected chi connectivity index (χ2v) is 4.18. The van der Waals surface area contributed by atoms with Crippen LogP contribution in [0.15, 0.2) is 25.3 Å². The van der Waals surface area contributed by atoms with Crippen molar-refractivity contribution in [3.05, 3.63) is 25.3 Å². The van der Waals surface area contributed by atoms with Crippen molar-refractivity contribution in [1.82, 2.24) is 0 Å². The lowest BCUT2D eigenvalue weighted by Crippen LogP contribution is -2.05. The van der Waals surface area contributed by atoms with Crippen LogP contribution < -0.4 is 0 Å². The fourth-order valence-electron chi connectivity index (χ4n) is 0.561. The molecular formula is C14H26O2S2. The first-order valence-corrected chi connectivity index (χ1v) is 6.81. The van der Waals surface area contributed by atoms with E-state index in [2.05, 4.69) is 13.2 Å². The molecule has 0 N–H and O–H groups in total. The molecule has 0 radical (unpaired) electrons. The summed E-state index contributed by atoms with van der Waals surface area (Å²) in [6, 6.07) is 0. The van der Waals surface area contributed by atoms with E-state index in [1.165, 1.54) is 12.2 Å². The minimum Gasteiger partial charge on any atom is -0.481 e. The maximum atomic E-state index is 5.01. The molecule has 0 aromatic rings. The van der Waals surface area contributed by atoms with Gasteiger partial charge in [-0.2, -0.15) is 0 Å². The van der Waals surface area contributed by atoms with E-state index in [1.807, 2.05) is 41.5 Å². The van der Waals surface area contributed by atoms with Crippen LogP contribution in [0.3, 0.4) is 0 Å². The lowest BCUT2D eigenvalue weighted by Gasteiger charge is -2.05. The summed E-state index contributed by atoms with van der Waals surface area (Å²) in [6.07, 6.45) is 3.38. The summed E-state index contributed by atoms with van der Waals surface area (Å²) in [5, 5.41) is 0.944. The van der Waals surface area contributed by atoms with E-state index in [0.717, 1.165) is 0 Å². The van der Waals surface area contributed by atoms with E-state index in [1.54, 1.807) is 0 Å². The Labute approximate surface area is 123 Å². The van der Waals surface area contributed by atoms with Crippen molar-refractivity contribution in [3.63, 3.8) is 0 Å². The van der Waals surface area contributed by atoms with Gasteiger partial charge in [0, 0.05) is 0 Å². The highest BCUT2D eigenvalue weighted by Crippen LogP contribution is 1.91. The zero-order valence-electron chi connectivity index (χ0n) is 12.4. The maximum Gasteiger partial charge on any atom is 0.183 e. The molecule has 0 aliphatic rings. The third-order valence-electron chi connectivity index (χ3n) is 1.04. The van der Waals surface area contributed by atoms with E-state index < -0.39 is 0 Å². The van der Waals surface area contributed by atoms with Crippen LogP contribution in [0.25, 0.3) is 0 Å². The molecule has 0 atom stereocenters. The average molecular weight is 290 g/mol. The van der Waals surface area contributed by atoms with E-state index in [0.29, 0.717) is 10.1 Å². The molecular weight excluding hydrogens is 264 g/mol. The molecule has 0 amide bonds. The molecule has 2 nitrogen and oxygen atoms in total. The van der Waals surface area contributed by atoms with E-state index >= 15 is 0 Å². The van der Waals surface area contributed by atoms with Gasteiger partial charge in [0.15, 0.2) is 10.1 Å². The lowest BCUT2D eigenvalue weighted by molar-refractivity contribution is 0.237. The van der Waals surface area contributed by atoms with Crippen LogP contribution in [0.2, 0.25) is 0 Å². The number of hydrogen-bond acceptors (Lipinski definition) is 4. The Morgan fingerprint density at radius 3 is 1.11 bits per heavy atom. The predicted molar refractivity (Wildman–Crippen MR) is 89.4 cm³/mol. The minimum absolute atomic E-state index is 0.167. The second kappa shape index (κ2) is 16.3. The molecule has 0 aromatic carbocycles. The van der Waals surface area contributed by atoms with E-state index in [9.17, 15) is 0 Å². The molecule has 0 bridgehead atoms. The van der Waals surface area contributed by atoms with Crippen molar-refractivity contribution in [2.75, 3.05) is 0 Å². The topological polar surface area (TPSA) is 18.5 Å². The summed E-state index contributed by atoms with van der Waals surface area (Å²) >= 11 is 9.38. The van der Waals surface area contributed by atoms with E-state index in [-0.39, 0.29) is 12.2 Å². The fourth-order valence-corrected chi connectivity index (χ4v) is 0.946. The number of ether oxygens (including phenoxy) is 2. The van der Waals surface area contributed by atoms with Crippen LogP contribution in [0.4, 0.5) is 0 Å². The third kappa shape index (κ3) is 24.5. The van der Waals surface area contributed by atoms with Gasteiger partial charge in [0.2, 0.25) is 0 Å². The summed E-state index contributed by atoms with van der Waals surface area (Å²) in [5.74, 6) is 0. The van der Waals surface area contributed by atoms with Gasteiger partial charge >= 0.3 is 0 Å². The first-order valence-electron chi connectivity index (χ1n) is 5.99. The molecule has 0 heterocycles. The van der Waals surface area contributed by atoms with Crippen LogP contribution in [0, 0.1) is 0 Å². The molecule has 0 aromatic heterocycles. The Morgan fingerprint density at radius 1 is 0.833 bits per heavy atom. The first-order chi connectivity index (χ1) is 8.33. The monoisotopic (exact) mass is 290 g/mol. The quantitative estimate of drug-likeness (QED) is 0.542. The smallest absolute Gasteiger partial charge is 0.183 e. The summed E-state index contributed by atoms with van der Waals surface area (Å²) in [7, 11) is 0. The zero-order chi connectivity index (χ0) is 15.1. The molecule has 0 saturated heterocycles. The Balaban J connectivity index is -0.000000219. The molecule has 0 spiro atoms. The summed E-state index contributed by atoms with van der Waals surface area (Å²) in [4.78, 5) is 0. The van der Waals surface area contributed by atoms with Gasteiger partial charge in [-0.05, 0) is 64.3 Å². The standard InChI is InChI=1S/2C6H10OS.C2H6/c2*1-4-6(8)7-5(2)3;1-2/h2*4-5H,1H2,2-3H3;1-2H3. The lowest BCUT2D eigenvalue weighted by atomic mass is 10.5. The van der Waals surface area contributed by atoms with Crippen molar-refractivity contribution in [2.24, 2.45) is 0 Å². The summed E-state index contributed by atoms with van der Waals surface area (Å²) in [6.45, 7) is 18.6. The molecule has 0 aliphatic carbocycles. The van der Waals surface area contributed by atoms with Crippen LogP contribution in [-0.4, -0.2) is 22.3 Å². The molecule has 4 heteroatoms. The van der Waals surface area contributed by atoms with Gasteiger partial charge in [0.05, 0.1) is 12.2 Å². The van der Waals surface area contributed by atoms with Gasteiger partial charge < -0.3 is 9.47 Å². The van der Waals surface area contributed by atoms with Crippen LogP contribution in [-0.2, 0) is 9.47 Å². The first kappa shape index (κ1) is 22.4. The van der Waals surface area contributed by atoms with Gasteiger partial charge in [-0.25, -0.2) is 0 Å². The molecule has 0 rings (SSSR count). The summed E-state index contributed by atoms with van der Waals surface area (Å²) in [5.41, 5.74) is 0. The number of thiocarbonyl (C=S) groups is 2. The van der Waals surface area contributed by atoms with Crippen molar-refractivity contribution >= 4 is 34.5 Å². The molecule has 106 valence electrons. The molecule has 18 heavy (non-hydrogen) atoms. The fraction of sp³-hybridized carbons (Fsp3) is 0.571. The Kier molecular flexibility index (Phi) is 20.3. The SMILES string of the molecule is C=CC(=S)OC(C)C.C=CC(=S)OC(C)C.CC. The number of rotatable bonds is 4. The Hall–Kier alpha value is -0.740. The van der Waals surface area contributed by atoms with Crippen molar-refractivity contribution in [1.29, 1.82) is 0 Å². The van der Waals surface area contributed by atoms with Gasteiger partial charge in [0.25, 0.3) is 0 Å².